The van der Waals surface area contributed by atoms with E-state index in [0.717, 1.165) is 12.1 Å². The number of rotatable bonds is 4. The highest BCUT2D eigenvalue weighted by atomic mass is 19.4. The predicted octanol–water partition coefficient (Wildman–Crippen LogP) is 4.30. The Hall–Kier alpha value is -1.73. The molecule has 0 radical (unpaired) electrons. The molecule has 0 spiro atoms. The molecule has 2 nitrogen and oxygen atoms in total. The Kier molecular flexibility index (Phi) is 5.25. The number of ether oxygens (including phenoxy) is 1. The van der Waals surface area contributed by atoms with Gasteiger partial charge in [-0.05, 0) is 18.6 Å². The van der Waals surface area contributed by atoms with Gasteiger partial charge >= 0.3 is 18.3 Å². The van der Waals surface area contributed by atoms with Crippen molar-refractivity contribution in [1.29, 1.82) is 0 Å². The molecule has 0 amide bonds. The minimum atomic E-state index is -4.85. The van der Waals surface area contributed by atoms with Crippen LogP contribution in [0.15, 0.2) is 24.3 Å². The number of halogens is 6. The molecular formula is C13H12F6O2. The molecule has 0 N–H and O–H groups in total. The molecule has 0 aliphatic carbocycles. The summed E-state index contributed by atoms with van der Waals surface area (Å²) in [5.41, 5.74) is -1.82. The first-order valence-electron chi connectivity index (χ1n) is 5.95. The van der Waals surface area contributed by atoms with Gasteiger partial charge in [-0.3, -0.25) is 4.79 Å². The van der Waals surface area contributed by atoms with E-state index < -0.39 is 41.8 Å². The fourth-order valence-corrected chi connectivity index (χ4v) is 1.74. The van der Waals surface area contributed by atoms with E-state index in [2.05, 4.69) is 4.74 Å². The van der Waals surface area contributed by atoms with Crippen molar-refractivity contribution in [2.24, 2.45) is 0 Å². The van der Waals surface area contributed by atoms with Crippen molar-refractivity contribution in [3.63, 3.8) is 0 Å². The summed E-state index contributed by atoms with van der Waals surface area (Å²) in [6, 6.07) is 2.85. The average Bonchev–Trinajstić information content (AvgIpc) is 2.34. The summed E-state index contributed by atoms with van der Waals surface area (Å²) in [5.74, 6) is -3.45. The Morgan fingerprint density at radius 1 is 1.19 bits per heavy atom. The SMILES string of the molecule is CCOC(=O)CC(c1cccc(C(F)(F)F)c1)C(F)(F)F. The van der Waals surface area contributed by atoms with Crippen molar-refractivity contribution in [1.82, 2.24) is 0 Å². The van der Waals surface area contributed by atoms with Gasteiger partial charge in [0.15, 0.2) is 0 Å². The summed E-state index contributed by atoms with van der Waals surface area (Å²) >= 11 is 0. The standard InChI is InChI=1S/C13H12F6O2/c1-2-21-11(20)7-10(13(17,18)19)8-4-3-5-9(6-8)12(14,15)16/h3-6,10H,2,7H2,1H3. The van der Waals surface area contributed by atoms with Crippen molar-refractivity contribution < 1.29 is 35.9 Å². The smallest absolute Gasteiger partial charge is 0.416 e. The van der Waals surface area contributed by atoms with Crippen LogP contribution < -0.4 is 0 Å². The van der Waals surface area contributed by atoms with E-state index in [0.29, 0.717) is 12.1 Å². The van der Waals surface area contributed by atoms with Crippen LogP contribution in [-0.2, 0) is 15.7 Å². The fourth-order valence-electron chi connectivity index (χ4n) is 1.74. The molecule has 0 fully saturated rings. The highest BCUT2D eigenvalue weighted by Crippen LogP contribution is 2.39. The molecule has 0 saturated carbocycles. The second-order valence-electron chi connectivity index (χ2n) is 4.23. The van der Waals surface area contributed by atoms with Crippen LogP contribution in [0, 0.1) is 0 Å². The van der Waals surface area contributed by atoms with Crippen LogP contribution in [0.5, 0.6) is 0 Å². The Morgan fingerprint density at radius 2 is 1.81 bits per heavy atom. The second kappa shape index (κ2) is 6.36. The Bertz CT molecular complexity index is 492. The van der Waals surface area contributed by atoms with E-state index >= 15 is 0 Å². The summed E-state index contributed by atoms with van der Waals surface area (Å²) in [6.07, 6.45) is -10.7. The van der Waals surface area contributed by atoms with Crippen molar-refractivity contribution in [3.8, 4) is 0 Å². The van der Waals surface area contributed by atoms with Crippen molar-refractivity contribution >= 4 is 5.97 Å². The molecule has 0 bridgehead atoms. The molecule has 1 atom stereocenters. The zero-order valence-corrected chi connectivity index (χ0v) is 10.9. The molecular weight excluding hydrogens is 302 g/mol. The lowest BCUT2D eigenvalue weighted by Gasteiger charge is -2.21. The molecule has 1 unspecified atom stereocenters. The van der Waals surface area contributed by atoms with E-state index in [-0.39, 0.29) is 6.61 Å². The van der Waals surface area contributed by atoms with Gasteiger partial charge in [0.2, 0.25) is 0 Å². The van der Waals surface area contributed by atoms with Crippen LogP contribution in [0.25, 0.3) is 0 Å². The first-order valence-corrected chi connectivity index (χ1v) is 5.95. The summed E-state index contributed by atoms with van der Waals surface area (Å²) in [6.45, 7) is 1.32. The molecule has 1 aromatic rings. The lowest BCUT2D eigenvalue weighted by Crippen LogP contribution is -2.25. The summed E-state index contributed by atoms with van der Waals surface area (Å²) in [7, 11) is 0. The molecule has 0 aliphatic heterocycles. The quantitative estimate of drug-likeness (QED) is 0.611. The minimum Gasteiger partial charge on any atom is -0.466 e. The molecule has 1 aromatic carbocycles. The summed E-state index contributed by atoms with van der Waals surface area (Å²) in [5, 5.41) is 0. The minimum absolute atomic E-state index is 0.105. The van der Waals surface area contributed by atoms with Gasteiger partial charge in [-0.1, -0.05) is 18.2 Å². The number of hydrogen-bond acceptors (Lipinski definition) is 2. The Morgan fingerprint density at radius 3 is 2.29 bits per heavy atom. The Balaban J connectivity index is 3.13. The number of esters is 1. The maximum Gasteiger partial charge on any atom is 0.416 e. The molecule has 0 saturated heterocycles. The first kappa shape index (κ1) is 17.3. The van der Waals surface area contributed by atoms with Gasteiger partial charge in [0.05, 0.1) is 24.5 Å². The van der Waals surface area contributed by atoms with Crippen LogP contribution >= 0.6 is 0 Å². The van der Waals surface area contributed by atoms with Gasteiger partial charge in [0, 0.05) is 0 Å². The lowest BCUT2D eigenvalue weighted by molar-refractivity contribution is -0.166. The average molecular weight is 314 g/mol. The molecule has 118 valence electrons. The topological polar surface area (TPSA) is 26.3 Å². The van der Waals surface area contributed by atoms with Crippen LogP contribution in [0.1, 0.15) is 30.4 Å². The van der Waals surface area contributed by atoms with Crippen LogP contribution in [0.3, 0.4) is 0 Å². The van der Waals surface area contributed by atoms with Gasteiger partial charge in [-0.2, -0.15) is 26.3 Å². The van der Waals surface area contributed by atoms with Gasteiger partial charge in [-0.25, -0.2) is 0 Å². The molecule has 0 aromatic heterocycles. The van der Waals surface area contributed by atoms with E-state index in [1.807, 2.05) is 0 Å². The van der Waals surface area contributed by atoms with Crippen molar-refractivity contribution in [2.75, 3.05) is 6.61 Å². The highest BCUT2D eigenvalue weighted by molar-refractivity contribution is 5.70. The lowest BCUT2D eigenvalue weighted by atomic mass is 9.93. The van der Waals surface area contributed by atoms with Gasteiger partial charge in [0.1, 0.15) is 0 Å². The first-order chi connectivity index (χ1) is 9.55. The van der Waals surface area contributed by atoms with Crippen LogP contribution in [-0.4, -0.2) is 18.8 Å². The molecule has 0 aliphatic rings. The van der Waals surface area contributed by atoms with Crippen molar-refractivity contribution in [3.05, 3.63) is 35.4 Å². The number of carbonyl (C=O) groups is 1. The van der Waals surface area contributed by atoms with Gasteiger partial charge < -0.3 is 4.74 Å². The van der Waals surface area contributed by atoms with E-state index in [1.165, 1.54) is 6.92 Å². The third-order valence-corrected chi connectivity index (χ3v) is 2.69. The zero-order chi connectivity index (χ0) is 16.3. The zero-order valence-electron chi connectivity index (χ0n) is 10.9. The monoisotopic (exact) mass is 314 g/mol. The maximum atomic E-state index is 12.9. The molecule has 0 heterocycles. The van der Waals surface area contributed by atoms with Gasteiger partial charge in [-0.15, -0.1) is 0 Å². The predicted molar refractivity (Wildman–Crippen MR) is 61.5 cm³/mol. The fraction of sp³-hybridized carbons (Fsp3) is 0.462. The highest BCUT2D eigenvalue weighted by Gasteiger charge is 2.43. The van der Waals surface area contributed by atoms with E-state index in [4.69, 9.17) is 0 Å². The molecule has 21 heavy (non-hydrogen) atoms. The van der Waals surface area contributed by atoms with Crippen molar-refractivity contribution in [2.45, 2.75) is 31.6 Å². The second-order valence-corrected chi connectivity index (χ2v) is 4.23. The summed E-state index contributed by atoms with van der Waals surface area (Å²) < 4.78 is 80.9. The third-order valence-electron chi connectivity index (χ3n) is 2.69. The Labute approximate surface area is 116 Å². The molecule has 1 rings (SSSR count). The number of hydrogen-bond donors (Lipinski definition) is 0. The maximum absolute atomic E-state index is 12.9. The largest absolute Gasteiger partial charge is 0.466 e. The van der Waals surface area contributed by atoms with E-state index in [9.17, 15) is 31.1 Å². The van der Waals surface area contributed by atoms with Crippen LogP contribution in [0.2, 0.25) is 0 Å². The van der Waals surface area contributed by atoms with Gasteiger partial charge in [0.25, 0.3) is 0 Å². The number of carbonyl (C=O) groups excluding carboxylic acids is 1. The normalized spacial score (nSPS) is 13.9. The van der Waals surface area contributed by atoms with Crippen LogP contribution in [0.4, 0.5) is 26.3 Å². The third kappa shape index (κ3) is 4.95. The number of benzene rings is 1. The molecule has 8 heteroatoms. The van der Waals surface area contributed by atoms with E-state index in [1.54, 1.807) is 0 Å². The number of alkyl halides is 6. The summed E-state index contributed by atoms with van der Waals surface area (Å²) in [4.78, 5) is 11.2.